The fourth-order valence-corrected chi connectivity index (χ4v) is 2.95. The molecule has 0 radical (unpaired) electrons. The molecule has 0 bridgehead atoms. The van der Waals surface area contributed by atoms with Gasteiger partial charge in [-0.25, -0.2) is 4.98 Å². The van der Waals surface area contributed by atoms with Crippen molar-refractivity contribution in [2.24, 2.45) is 0 Å². The molecule has 1 aliphatic heterocycles. The van der Waals surface area contributed by atoms with E-state index >= 15 is 0 Å². The molecule has 4 heteroatoms. The molecule has 1 aliphatic rings. The Morgan fingerprint density at radius 1 is 0.833 bits per heavy atom. The second kappa shape index (κ2) is 6.99. The number of nitrogens with zero attached hydrogens (tertiary/aromatic N) is 2. The molecule has 1 fully saturated rings. The van der Waals surface area contributed by atoms with E-state index in [1.807, 2.05) is 48.5 Å². The lowest BCUT2D eigenvalue weighted by atomic mass is 10.1. The van der Waals surface area contributed by atoms with Crippen molar-refractivity contribution in [3.8, 4) is 22.8 Å². The summed E-state index contributed by atoms with van der Waals surface area (Å²) in [7, 11) is 0. The smallest absolute Gasteiger partial charge is 0.227 e. The third kappa shape index (κ3) is 3.25. The minimum Gasteiger partial charge on any atom is -0.436 e. The fourth-order valence-electron chi connectivity index (χ4n) is 2.95. The van der Waals surface area contributed by atoms with Crippen LogP contribution in [-0.2, 0) is 11.3 Å². The van der Waals surface area contributed by atoms with Gasteiger partial charge in [0.15, 0.2) is 5.76 Å². The van der Waals surface area contributed by atoms with Gasteiger partial charge in [0.2, 0.25) is 5.89 Å². The van der Waals surface area contributed by atoms with E-state index in [-0.39, 0.29) is 0 Å². The second-order valence-corrected chi connectivity index (χ2v) is 5.92. The van der Waals surface area contributed by atoms with E-state index < -0.39 is 0 Å². The molecule has 0 unspecified atom stereocenters. The first-order valence-electron chi connectivity index (χ1n) is 8.31. The largest absolute Gasteiger partial charge is 0.436 e. The van der Waals surface area contributed by atoms with Crippen LogP contribution in [-0.4, -0.2) is 36.2 Å². The van der Waals surface area contributed by atoms with E-state index in [0.29, 0.717) is 5.89 Å². The zero-order valence-corrected chi connectivity index (χ0v) is 13.5. The monoisotopic (exact) mass is 320 g/mol. The SMILES string of the molecule is c1ccc(-c2nc(CN3CCOCC3)c(-c3ccccc3)o2)cc1. The molecule has 4 rings (SSSR count). The van der Waals surface area contributed by atoms with Gasteiger partial charge in [-0.1, -0.05) is 48.5 Å². The standard InChI is InChI=1S/C20H20N2O2/c1-3-7-16(8-4-1)19-18(15-22-11-13-23-14-12-22)21-20(24-19)17-9-5-2-6-10-17/h1-10H,11-15H2. The van der Waals surface area contributed by atoms with Crippen LogP contribution in [0.25, 0.3) is 22.8 Å². The second-order valence-electron chi connectivity index (χ2n) is 5.92. The lowest BCUT2D eigenvalue weighted by molar-refractivity contribution is 0.0337. The fraction of sp³-hybridized carbons (Fsp3) is 0.250. The average molecular weight is 320 g/mol. The average Bonchev–Trinajstić information content (AvgIpc) is 3.08. The summed E-state index contributed by atoms with van der Waals surface area (Å²) in [4.78, 5) is 7.17. The number of benzene rings is 2. The lowest BCUT2D eigenvalue weighted by Crippen LogP contribution is -2.35. The van der Waals surface area contributed by atoms with Gasteiger partial charge in [-0.3, -0.25) is 4.90 Å². The summed E-state index contributed by atoms with van der Waals surface area (Å²) in [6, 6.07) is 20.3. The van der Waals surface area contributed by atoms with Crippen LogP contribution in [0.4, 0.5) is 0 Å². The van der Waals surface area contributed by atoms with Crippen molar-refractivity contribution in [3.05, 3.63) is 66.4 Å². The maximum absolute atomic E-state index is 6.16. The summed E-state index contributed by atoms with van der Waals surface area (Å²) in [6.07, 6.45) is 0. The molecule has 3 aromatic rings. The Labute approximate surface area is 141 Å². The Morgan fingerprint density at radius 3 is 2.12 bits per heavy atom. The van der Waals surface area contributed by atoms with Crippen LogP contribution in [0, 0.1) is 0 Å². The van der Waals surface area contributed by atoms with Gasteiger partial charge in [0.05, 0.1) is 13.2 Å². The van der Waals surface area contributed by atoms with Gasteiger partial charge >= 0.3 is 0 Å². The molecule has 1 saturated heterocycles. The van der Waals surface area contributed by atoms with E-state index in [9.17, 15) is 0 Å². The number of aromatic nitrogens is 1. The van der Waals surface area contributed by atoms with Crippen LogP contribution >= 0.6 is 0 Å². The third-order valence-corrected chi connectivity index (χ3v) is 4.23. The molecule has 0 atom stereocenters. The van der Waals surface area contributed by atoms with Crippen molar-refractivity contribution in [3.63, 3.8) is 0 Å². The summed E-state index contributed by atoms with van der Waals surface area (Å²) >= 11 is 0. The van der Waals surface area contributed by atoms with Crippen LogP contribution in [0.3, 0.4) is 0 Å². The molecule has 0 saturated carbocycles. The number of hydrogen-bond donors (Lipinski definition) is 0. The Balaban J connectivity index is 1.71. The first kappa shape index (κ1) is 15.1. The normalized spacial score (nSPS) is 15.5. The Bertz CT molecular complexity index is 778. The Hall–Kier alpha value is -2.43. The van der Waals surface area contributed by atoms with Crippen molar-refractivity contribution in [1.29, 1.82) is 0 Å². The van der Waals surface area contributed by atoms with Gasteiger partial charge < -0.3 is 9.15 Å². The quantitative estimate of drug-likeness (QED) is 0.732. The minimum absolute atomic E-state index is 0.678. The number of oxazole rings is 1. The molecule has 4 nitrogen and oxygen atoms in total. The Kier molecular flexibility index (Phi) is 4.40. The topological polar surface area (TPSA) is 38.5 Å². The first-order valence-corrected chi connectivity index (χ1v) is 8.31. The summed E-state index contributed by atoms with van der Waals surface area (Å²) in [5.41, 5.74) is 3.06. The van der Waals surface area contributed by atoms with Gasteiger partial charge in [-0.2, -0.15) is 0 Å². The van der Waals surface area contributed by atoms with Crippen LogP contribution < -0.4 is 0 Å². The van der Waals surface area contributed by atoms with Gasteiger partial charge in [0, 0.05) is 30.8 Å². The molecule has 0 amide bonds. The molecule has 24 heavy (non-hydrogen) atoms. The highest BCUT2D eigenvalue weighted by Gasteiger charge is 2.20. The molecule has 2 aromatic carbocycles. The highest BCUT2D eigenvalue weighted by molar-refractivity contribution is 5.64. The maximum atomic E-state index is 6.16. The van der Waals surface area contributed by atoms with Gasteiger partial charge in [0.25, 0.3) is 0 Å². The third-order valence-electron chi connectivity index (χ3n) is 4.23. The molecule has 0 spiro atoms. The van der Waals surface area contributed by atoms with E-state index in [1.165, 1.54) is 0 Å². The number of rotatable bonds is 4. The summed E-state index contributed by atoms with van der Waals surface area (Å²) in [6.45, 7) is 4.21. The molecule has 0 aliphatic carbocycles. The highest BCUT2D eigenvalue weighted by Crippen LogP contribution is 2.30. The van der Waals surface area contributed by atoms with Crippen molar-refractivity contribution >= 4 is 0 Å². The maximum Gasteiger partial charge on any atom is 0.227 e. The number of hydrogen-bond acceptors (Lipinski definition) is 4. The number of ether oxygens (including phenoxy) is 1. The van der Waals surface area contributed by atoms with Crippen LogP contribution in [0.5, 0.6) is 0 Å². The van der Waals surface area contributed by atoms with Crippen molar-refractivity contribution in [1.82, 2.24) is 9.88 Å². The number of morpholine rings is 1. The van der Waals surface area contributed by atoms with Crippen molar-refractivity contribution in [2.75, 3.05) is 26.3 Å². The highest BCUT2D eigenvalue weighted by atomic mass is 16.5. The molecular formula is C20H20N2O2. The minimum atomic E-state index is 0.678. The lowest BCUT2D eigenvalue weighted by Gasteiger charge is -2.25. The molecular weight excluding hydrogens is 300 g/mol. The van der Waals surface area contributed by atoms with Crippen molar-refractivity contribution < 1.29 is 9.15 Å². The summed E-state index contributed by atoms with van der Waals surface area (Å²) in [5, 5.41) is 0. The first-order chi connectivity index (χ1) is 11.9. The van der Waals surface area contributed by atoms with Crippen molar-refractivity contribution in [2.45, 2.75) is 6.54 Å². The Morgan fingerprint density at radius 2 is 1.46 bits per heavy atom. The van der Waals surface area contributed by atoms with Gasteiger partial charge in [-0.05, 0) is 12.1 Å². The zero-order chi connectivity index (χ0) is 16.2. The summed E-state index contributed by atoms with van der Waals surface area (Å²) < 4.78 is 11.6. The molecule has 2 heterocycles. The van der Waals surface area contributed by atoms with Gasteiger partial charge in [-0.15, -0.1) is 0 Å². The predicted molar refractivity (Wildman–Crippen MR) is 93.5 cm³/mol. The van der Waals surface area contributed by atoms with Crippen LogP contribution in [0.15, 0.2) is 65.1 Å². The van der Waals surface area contributed by atoms with Gasteiger partial charge in [0.1, 0.15) is 5.69 Å². The van der Waals surface area contributed by atoms with E-state index in [1.54, 1.807) is 0 Å². The van der Waals surface area contributed by atoms with E-state index in [2.05, 4.69) is 17.0 Å². The van der Waals surface area contributed by atoms with Crippen LogP contribution in [0.1, 0.15) is 5.69 Å². The predicted octanol–water partition coefficient (Wildman–Crippen LogP) is 3.84. The zero-order valence-electron chi connectivity index (χ0n) is 13.5. The van der Waals surface area contributed by atoms with E-state index in [4.69, 9.17) is 14.1 Å². The van der Waals surface area contributed by atoms with E-state index in [0.717, 1.165) is 55.4 Å². The molecule has 0 N–H and O–H groups in total. The molecule has 122 valence electrons. The summed E-state index contributed by atoms with van der Waals surface area (Å²) in [5.74, 6) is 1.54. The van der Waals surface area contributed by atoms with Crippen LogP contribution in [0.2, 0.25) is 0 Å². The molecule has 1 aromatic heterocycles.